The van der Waals surface area contributed by atoms with Gasteiger partial charge in [-0.25, -0.2) is 4.98 Å². The molecule has 0 aliphatic carbocycles. The largest absolute Gasteiger partial charge is 0.335 e. The Morgan fingerprint density at radius 3 is 2.15 bits per heavy atom. The molecule has 2 aromatic rings. The Kier molecular flexibility index (Phi) is 10.2. The van der Waals surface area contributed by atoms with E-state index in [2.05, 4.69) is 54.9 Å². The minimum atomic E-state index is 1.04. The van der Waals surface area contributed by atoms with Gasteiger partial charge in [-0.1, -0.05) is 89.1 Å². The molecular formula is C24H38N2. The monoisotopic (exact) mass is 354 g/mol. The number of hydrogen-bond acceptors (Lipinski definition) is 1. The molecule has 0 atom stereocenters. The van der Waals surface area contributed by atoms with Gasteiger partial charge in [0.15, 0.2) is 0 Å². The van der Waals surface area contributed by atoms with Crippen LogP contribution in [0, 0.1) is 0 Å². The van der Waals surface area contributed by atoms with Crippen LogP contribution in [0.3, 0.4) is 0 Å². The number of aryl methyl sites for hydroxylation is 4. The molecule has 0 radical (unpaired) electrons. The summed E-state index contributed by atoms with van der Waals surface area (Å²) in [5.74, 6) is 1.27. The molecule has 1 aromatic heterocycles. The van der Waals surface area contributed by atoms with Crippen molar-refractivity contribution in [2.24, 2.45) is 0 Å². The van der Waals surface area contributed by atoms with Crippen molar-refractivity contribution in [3.05, 3.63) is 53.6 Å². The number of benzene rings is 1. The SMILES string of the molecule is CCCCCCCCCCn1cc(CCCc2ccccc2)nc1CC. The van der Waals surface area contributed by atoms with E-state index in [9.17, 15) is 0 Å². The third-order valence-electron chi connectivity index (χ3n) is 5.22. The first kappa shape index (κ1) is 20.7. The maximum atomic E-state index is 4.87. The minimum absolute atomic E-state index is 1.04. The van der Waals surface area contributed by atoms with E-state index in [0.29, 0.717) is 0 Å². The summed E-state index contributed by atoms with van der Waals surface area (Å²) < 4.78 is 2.41. The van der Waals surface area contributed by atoms with Crippen molar-refractivity contribution in [2.45, 2.75) is 97.4 Å². The van der Waals surface area contributed by atoms with Gasteiger partial charge in [-0.15, -0.1) is 0 Å². The predicted molar refractivity (Wildman–Crippen MR) is 113 cm³/mol. The molecule has 0 N–H and O–H groups in total. The molecule has 2 nitrogen and oxygen atoms in total. The zero-order chi connectivity index (χ0) is 18.5. The lowest BCUT2D eigenvalue weighted by Gasteiger charge is -2.06. The number of hydrogen-bond donors (Lipinski definition) is 0. The molecule has 2 rings (SSSR count). The Morgan fingerprint density at radius 1 is 0.769 bits per heavy atom. The van der Waals surface area contributed by atoms with Gasteiger partial charge in [-0.05, 0) is 31.2 Å². The maximum Gasteiger partial charge on any atom is 0.108 e. The Balaban J connectivity index is 1.67. The lowest BCUT2D eigenvalue weighted by atomic mass is 10.1. The van der Waals surface area contributed by atoms with Crippen molar-refractivity contribution in [3.63, 3.8) is 0 Å². The van der Waals surface area contributed by atoms with E-state index < -0.39 is 0 Å². The van der Waals surface area contributed by atoms with E-state index in [1.165, 1.54) is 74.9 Å². The number of imidazole rings is 1. The first-order valence-corrected chi connectivity index (χ1v) is 10.9. The van der Waals surface area contributed by atoms with Crippen molar-refractivity contribution in [1.82, 2.24) is 9.55 Å². The van der Waals surface area contributed by atoms with E-state index in [4.69, 9.17) is 4.98 Å². The highest BCUT2D eigenvalue weighted by Gasteiger charge is 2.06. The highest BCUT2D eigenvalue weighted by atomic mass is 15.1. The fraction of sp³-hybridized carbons (Fsp3) is 0.625. The maximum absolute atomic E-state index is 4.87. The second-order valence-corrected chi connectivity index (χ2v) is 7.51. The Morgan fingerprint density at radius 2 is 1.46 bits per heavy atom. The van der Waals surface area contributed by atoms with Crippen LogP contribution in [-0.4, -0.2) is 9.55 Å². The highest BCUT2D eigenvalue weighted by molar-refractivity contribution is 5.15. The summed E-state index contributed by atoms with van der Waals surface area (Å²) in [6, 6.07) is 10.8. The first-order valence-electron chi connectivity index (χ1n) is 10.9. The van der Waals surface area contributed by atoms with Crippen molar-refractivity contribution in [3.8, 4) is 0 Å². The smallest absolute Gasteiger partial charge is 0.108 e. The molecular weight excluding hydrogens is 316 g/mol. The van der Waals surface area contributed by atoms with E-state index in [1.54, 1.807) is 0 Å². The molecule has 0 saturated heterocycles. The molecule has 0 fully saturated rings. The van der Waals surface area contributed by atoms with Crippen LogP contribution < -0.4 is 0 Å². The van der Waals surface area contributed by atoms with Gasteiger partial charge in [-0.3, -0.25) is 0 Å². The molecule has 0 aliphatic heterocycles. The summed E-state index contributed by atoms with van der Waals surface area (Å²) in [5, 5.41) is 0. The first-order chi connectivity index (χ1) is 12.8. The topological polar surface area (TPSA) is 17.8 Å². The van der Waals surface area contributed by atoms with Crippen LogP contribution in [0.4, 0.5) is 0 Å². The molecule has 1 aromatic carbocycles. The van der Waals surface area contributed by atoms with Gasteiger partial charge in [0.05, 0.1) is 5.69 Å². The molecule has 144 valence electrons. The average molecular weight is 355 g/mol. The Labute approximate surface area is 161 Å². The normalized spacial score (nSPS) is 11.2. The van der Waals surface area contributed by atoms with Crippen LogP contribution in [0.15, 0.2) is 36.5 Å². The number of aromatic nitrogens is 2. The standard InChI is InChI=1S/C24H38N2/c1-3-5-6-7-8-9-10-14-20-26-21-23(25-24(26)4-2)19-15-18-22-16-12-11-13-17-22/h11-13,16-17,21H,3-10,14-15,18-20H2,1-2H3. The number of unbranched alkanes of at least 4 members (excludes halogenated alkanes) is 7. The lowest BCUT2D eigenvalue weighted by molar-refractivity contribution is 0.536. The van der Waals surface area contributed by atoms with Crippen LogP contribution in [0.25, 0.3) is 0 Å². The van der Waals surface area contributed by atoms with Gasteiger partial charge in [-0.2, -0.15) is 0 Å². The molecule has 0 unspecified atom stereocenters. The van der Waals surface area contributed by atoms with Crippen LogP contribution in [-0.2, 0) is 25.8 Å². The molecule has 0 bridgehead atoms. The Hall–Kier alpha value is -1.57. The lowest BCUT2D eigenvalue weighted by Crippen LogP contribution is -2.01. The fourth-order valence-corrected chi connectivity index (χ4v) is 3.64. The molecule has 0 spiro atoms. The van der Waals surface area contributed by atoms with Crippen LogP contribution >= 0.6 is 0 Å². The molecule has 0 saturated carbocycles. The van der Waals surface area contributed by atoms with Crippen LogP contribution in [0.1, 0.15) is 88.7 Å². The van der Waals surface area contributed by atoms with E-state index in [1.807, 2.05) is 0 Å². The van der Waals surface area contributed by atoms with Gasteiger partial charge < -0.3 is 4.57 Å². The summed E-state index contributed by atoms with van der Waals surface area (Å²) >= 11 is 0. The second kappa shape index (κ2) is 12.7. The van der Waals surface area contributed by atoms with Crippen molar-refractivity contribution < 1.29 is 0 Å². The Bertz CT molecular complexity index is 586. The van der Waals surface area contributed by atoms with E-state index in [-0.39, 0.29) is 0 Å². The third kappa shape index (κ3) is 7.76. The third-order valence-corrected chi connectivity index (χ3v) is 5.22. The average Bonchev–Trinajstić information content (AvgIpc) is 3.07. The summed E-state index contributed by atoms with van der Waals surface area (Å²) in [7, 11) is 0. The van der Waals surface area contributed by atoms with Gasteiger partial charge in [0.2, 0.25) is 0 Å². The predicted octanol–water partition coefficient (Wildman–Crippen LogP) is 6.76. The summed E-state index contributed by atoms with van der Waals surface area (Å²) in [5.41, 5.74) is 2.71. The van der Waals surface area contributed by atoms with Gasteiger partial charge in [0, 0.05) is 19.2 Å². The summed E-state index contributed by atoms with van der Waals surface area (Å²) in [4.78, 5) is 4.87. The zero-order valence-electron chi connectivity index (χ0n) is 17.1. The zero-order valence-corrected chi connectivity index (χ0v) is 17.1. The van der Waals surface area contributed by atoms with Crippen molar-refractivity contribution >= 4 is 0 Å². The molecule has 0 amide bonds. The van der Waals surface area contributed by atoms with Gasteiger partial charge in [0.25, 0.3) is 0 Å². The molecule has 26 heavy (non-hydrogen) atoms. The minimum Gasteiger partial charge on any atom is -0.335 e. The van der Waals surface area contributed by atoms with E-state index >= 15 is 0 Å². The fourth-order valence-electron chi connectivity index (χ4n) is 3.64. The summed E-state index contributed by atoms with van der Waals surface area (Å²) in [6.45, 7) is 5.65. The van der Waals surface area contributed by atoms with E-state index in [0.717, 1.165) is 25.8 Å². The van der Waals surface area contributed by atoms with Crippen LogP contribution in [0.2, 0.25) is 0 Å². The molecule has 2 heteroatoms. The van der Waals surface area contributed by atoms with Crippen molar-refractivity contribution in [1.29, 1.82) is 0 Å². The second-order valence-electron chi connectivity index (χ2n) is 7.51. The molecule has 1 heterocycles. The van der Waals surface area contributed by atoms with Gasteiger partial charge >= 0.3 is 0 Å². The van der Waals surface area contributed by atoms with Crippen molar-refractivity contribution in [2.75, 3.05) is 0 Å². The summed E-state index contributed by atoms with van der Waals surface area (Å²) in [6.07, 6.45) is 17.8. The highest BCUT2D eigenvalue weighted by Crippen LogP contribution is 2.13. The quantitative estimate of drug-likeness (QED) is 0.343. The number of nitrogens with zero attached hydrogens (tertiary/aromatic N) is 2. The number of rotatable bonds is 14. The van der Waals surface area contributed by atoms with Crippen LogP contribution in [0.5, 0.6) is 0 Å². The van der Waals surface area contributed by atoms with Gasteiger partial charge in [0.1, 0.15) is 5.82 Å². The molecule has 0 aliphatic rings.